The van der Waals surface area contributed by atoms with Gasteiger partial charge in [0.2, 0.25) is 0 Å². The van der Waals surface area contributed by atoms with E-state index in [-0.39, 0.29) is 10.6 Å². The van der Waals surface area contributed by atoms with Crippen LogP contribution in [0, 0.1) is 10.1 Å². The minimum Gasteiger partial charge on any atom is -0.497 e. The molecule has 2 aromatic rings. The summed E-state index contributed by atoms with van der Waals surface area (Å²) in [5.74, 6) is 1.33. The second kappa shape index (κ2) is 6.16. The standard InChI is InChI=1S/C17H18N2O4/c1-22-14-4-3-13-11-18(8-7-12(13)9-14)16-6-5-15(23-2)10-17(16)19(20)21/h3-6,9-10H,7-8,11H2,1-2H3. The van der Waals surface area contributed by atoms with Crippen LogP contribution in [0.15, 0.2) is 36.4 Å². The fourth-order valence-corrected chi connectivity index (χ4v) is 2.91. The average Bonchev–Trinajstić information content (AvgIpc) is 2.60. The van der Waals surface area contributed by atoms with Gasteiger partial charge >= 0.3 is 0 Å². The lowest BCUT2D eigenvalue weighted by Crippen LogP contribution is -2.30. The topological polar surface area (TPSA) is 64.8 Å². The molecule has 120 valence electrons. The van der Waals surface area contributed by atoms with Crippen LogP contribution < -0.4 is 14.4 Å². The van der Waals surface area contributed by atoms with Gasteiger partial charge in [-0.25, -0.2) is 0 Å². The highest BCUT2D eigenvalue weighted by Gasteiger charge is 2.24. The number of nitro groups is 1. The Morgan fingerprint density at radius 1 is 1.04 bits per heavy atom. The number of methoxy groups -OCH3 is 2. The molecule has 0 unspecified atom stereocenters. The number of fused-ring (bicyclic) bond motifs is 1. The molecule has 0 aliphatic carbocycles. The molecule has 0 fully saturated rings. The first-order chi connectivity index (χ1) is 11.1. The molecule has 6 heteroatoms. The van der Waals surface area contributed by atoms with Crippen molar-refractivity contribution >= 4 is 11.4 Å². The molecule has 0 aromatic heterocycles. The second-order valence-corrected chi connectivity index (χ2v) is 5.42. The Morgan fingerprint density at radius 2 is 1.74 bits per heavy atom. The van der Waals surface area contributed by atoms with E-state index in [9.17, 15) is 10.1 Å². The van der Waals surface area contributed by atoms with E-state index in [1.165, 1.54) is 24.3 Å². The zero-order valence-electron chi connectivity index (χ0n) is 13.1. The first-order valence-electron chi connectivity index (χ1n) is 7.35. The van der Waals surface area contributed by atoms with E-state index in [0.29, 0.717) is 18.0 Å². The number of anilines is 1. The Labute approximate surface area is 134 Å². The summed E-state index contributed by atoms with van der Waals surface area (Å²) in [4.78, 5) is 13.0. The Kier molecular flexibility index (Phi) is 4.06. The van der Waals surface area contributed by atoms with Gasteiger partial charge in [-0.1, -0.05) is 6.07 Å². The van der Waals surface area contributed by atoms with Crippen LogP contribution in [-0.4, -0.2) is 25.7 Å². The second-order valence-electron chi connectivity index (χ2n) is 5.42. The molecule has 2 aromatic carbocycles. The molecule has 0 saturated carbocycles. The fraction of sp³-hybridized carbons (Fsp3) is 0.294. The number of hydrogen-bond acceptors (Lipinski definition) is 5. The maximum atomic E-state index is 11.4. The van der Waals surface area contributed by atoms with Crippen LogP contribution in [-0.2, 0) is 13.0 Å². The number of hydrogen-bond donors (Lipinski definition) is 0. The lowest BCUT2D eigenvalue weighted by Gasteiger charge is -2.30. The average molecular weight is 314 g/mol. The van der Waals surface area contributed by atoms with Crippen LogP contribution in [0.5, 0.6) is 11.5 Å². The van der Waals surface area contributed by atoms with E-state index in [0.717, 1.165) is 18.7 Å². The van der Waals surface area contributed by atoms with E-state index in [1.54, 1.807) is 19.2 Å². The van der Waals surface area contributed by atoms with Crippen molar-refractivity contribution in [1.82, 2.24) is 0 Å². The van der Waals surface area contributed by atoms with E-state index < -0.39 is 0 Å². The van der Waals surface area contributed by atoms with Gasteiger partial charge in [-0.15, -0.1) is 0 Å². The molecule has 0 radical (unpaired) electrons. The zero-order valence-corrected chi connectivity index (χ0v) is 13.1. The van der Waals surface area contributed by atoms with Gasteiger partial charge in [0, 0.05) is 13.1 Å². The molecule has 0 atom stereocenters. The molecule has 23 heavy (non-hydrogen) atoms. The molecule has 3 rings (SSSR count). The van der Waals surface area contributed by atoms with Gasteiger partial charge < -0.3 is 14.4 Å². The van der Waals surface area contributed by atoms with Gasteiger partial charge in [0.1, 0.15) is 17.2 Å². The molecule has 0 N–H and O–H groups in total. The maximum absolute atomic E-state index is 11.4. The molecular formula is C17H18N2O4. The summed E-state index contributed by atoms with van der Waals surface area (Å²) < 4.78 is 10.3. The highest BCUT2D eigenvalue weighted by molar-refractivity contribution is 5.66. The number of nitro benzene ring substituents is 1. The summed E-state index contributed by atoms with van der Waals surface area (Å²) in [5.41, 5.74) is 3.09. The van der Waals surface area contributed by atoms with Gasteiger partial charge in [-0.2, -0.15) is 0 Å². The molecule has 1 aliphatic heterocycles. The summed E-state index contributed by atoms with van der Waals surface area (Å²) in [5, 5.41) is 11.4. The van der Waals surface area contributed by atoms with Gasteiger partial charge in [0.05, 0.1) is 25.2 Å². The first-order valence-corrected chi connectivity index (χ1v) is 7.35. The third-order valence-electron chi connectivity index (χ3n) is 4.15. The molecular weight excluding hydrogens is 296 g/mol. The minimum atomic E-state index is -0.360. The van der Waals surface area contributed by atoms with Gasteiger partial charge in [-0.05, 0) is 41.8 Å². The Morgan fingerprint density at radius 3 is 2.43 bits per heavy atom. The van der Waals surface area contributed by atoms with Gasteiger partial charge in [0.15, 0.2) is 0 Å². The largest absolute Gasteiger partial charge is 0.497 e. The predicted octanol–water partition coefficient (Wildman–Crippen LogP) is 3.17. The van der Waals surface area contributed by atoms with E-state index in [2.05, 4.69) is 0 Å². The van der Waals surface area contributed by atoms with E-state index in [4.69, 9.17) is 9.47 Å². The highest BCUT2D eigenvalue weighted by Crippen LogP contribution is 2.35. The SMILES string of the molecule is COc1ccc2c(c1)CCN(c1ccc(OC)cc1[N+](=O)[O-])C2. The Hall–Kier alpha value is -2.76. The van der Waals surface area contributed by atoms with Crippen LogP contribution in [0.4, 0.5) is 11.4 Å². The monoisotopic (exact) mass is 314 g/mol. The summed E-state index contributed by atoms with van der Waals surface area (Å²) >= 11 is 0. The van der Waals surface area contributed by atoms with Crippen LogP contribution in [0.25, 0.3) is 0 Å². The lowest BCUT2D eigenvalue weighted by atomic mass is 9.98. The van der Waals surface area contributed by atoms with Crippen molar-refractivity contribution < 1.29 is 14.4 Å². The first kappa shape index (κ1) is 15.1. The van der Waals surface area contributed by atoms with Crippen LogP contribution in [0.2, 0.25) is 0 Å². The number of nitrogens with zero attached hydrogens (tertiary/aromatic N) is 2. The number of rotatable bonds is 4. The van der Waals surface area contributed by atoms with Crippen LogP contribution >= 0.6 is 0 Å². The zero-order chi connectivity index (χ0) is 16.4. The number of ether oxygens (including phenoxy) is 2. The smallest absolute Gasteiger partial charge is 0.296 e. The molecule has 0 bridgehead atoms. The van der Waals surface area contributed by atoms with E-state index >= 15 is 0 Å². The van der Waals surface area contributed by atoms with Crippen molar-refractivity contribution in [2.24, 2.45) is 0 Å². The summed E-state index contributed by atoms with van der Waals surface area (Å²) in [6.45, 7) is 1.37. The van der Waals surface area contributed by atoms with Crippen molar-refractivity contribution in [3.05, 3.63) is 57.6 Å². The van der Waals surface area contributed by atoms with Crippen molar-refractivity contribution in [1.29, 1.82) is 0 Å². The summed E-state index contributed by atoms with van der Waals surface area (Å²) in [7, 11) is 3.15. The molecule has 0 spiro atoms. The van der Waals surface area contributed by atoms with Crippen molar-refractivity contribution in [2.75, 3.05) is 25.7 Å². The molecule has 1 heterocycles. The summed E-state index contributed by atoms with van der Waals surface area (Å²) in [6, 6.07) is 11.0. The molecule has 0 amide bonds. The maximum Gasteiger partial charge on any atom is 0.296 e. The predicted molar refractivity (Wildman–Crippen MR) is 87.4 cm³/mol. The fourth-order valence-electron chi connectivity index (χ4n) is 2.91. The van der Waals surface area contributed by atoms with E-state index in [1.807, 2.05) is 23.1 Å². The highest BCUT2D eigenvalue weighted by atomic mass is 16.6. The molecule has 6 nitrogen and oxygen atoms in total. The van der Waals surface area contributed by atoms with Crippen molar-refractivity contribution in [2.45, 2.75) is 13.0 Å². The lowest BCUT2D eigenvalue weighted by molar-refractivity contribution is -0.384. The quantitative estimate of drug-likeness (QED) is 0.640. The number of benzene rings is 2. The Bertz CT molecular complexity index is 745. The van der Waals surface area contributed by atoms with Crippen molar-refractivity contribution in [3.8, 4) is 11.5 Å². The third-order valence-corrected chi connectivity index (χ3v) is 4.15. The normalized spacial score (nSPS) is 13.4. The summed E-state index contributed by atoms with van der Waals surface area (Å²) in [6.07, 6.45) is 0.829. The van der Waals surface area contributed by atoms with Gasteiger partial charge in [0.25, 0.3) is 5.69 Å². The molecule has 1 aliphatic rings. The van der Waals surface area contributed by atoms with Gasteiger partial charge in [-0.3, -0.25) is 10.1 Å². The van der Waals surface area contributed by atoms with Crippen LogP contribution in [0.1, 0.15) is 11.1 Å². The Balaban J connectivity index is 1.93. The van der Waals surface area contributed by atoms with Crippen LogP contribution in [0.3, 0.4) is 0 Å². The third kappa shape index (κ3) is 2.92. The minimum absolute atomic E-state index is 0.0707. The van der Waals surface area contributed by atoms with Crippen molar-refractivity contribution in [3.63, 3.8) is 0 Å². The molecule has 0 saturated heterocycles.